The molecule has 0 atom stereocenters. The highest BCUT2D eigenvalue weighted by molar-refractivity contribution is 7.15. The highest BCUT2D eigenvalue weighted by atomic mass is 32.1. The van der Waals surface area contributed by atoms with Crippen LogP contribution in [0, 0.1) is 5.92 Å². The van der Waals surface area contributed by atoms with Gasteiger partial charge in [-0.05, 0) is 45.2 Å². The molecule has 2 aliphatic heterocycles. The summed E-state index contributed by atoms with van der Waals surface area (Å²) in [4.78, 5) is 34.2. The van der Waals surface area contributed by atoms with Gasteiger partial charge < -0.3 is 10.6 Å². The Bertz CT molecular complexity index is 800. The van der Waals surface area contributed by atoms with E-state index in [9.17, 15) is 9.59 Å². The van der Waals surface area contributed by atoms with Gasteiger partial charge in [-0.1, -0.05) is 0 Å². The Morgan fingerprint density at radius 3 is 2.58 bits per heavy atom. The lowest BCUT2D eigenvalue weighted by molar-refractivity contribution is -0.123. The van der Waals surface area contributed by atoms with Crippen molar-refractivity contribution < 1.29 is 9.59 Å². The molecular weight excluding hydrogens is 350 g/mol. The molecule has 4 rings (SSSR count). The van der Waals surface area contributed by atoms with Gasteiger partial charge in [0.15, 0.2) is 10.7 Å². The predicted molar refractivity (Wildman–Crippen MR) is 100 cm³/mol. The standard InChI is InChI=1S/C18H25N5O2S/c19-16(24)13-4-8-21(9-5-13)12-14-15(20-18-23(14)10-11-26-18)17(25)22-6-2-1-3-7-22/h10-11,13H,1-9,12H2,(H2,19,24). The fourth-order valence-corrected chi connectivity index (χ4v) is 4.72. The number of carbonyl (C=O) groups excluding carboxylic acids is 2. The van der Waals surface area contributed by atoms with Gasteiger partial charge in [0, 0.05) is 37.1 Å². The molecule has 2 aromatic heterocycles. The molecule has 0 aliphatic carbocycles. The van der Waals surface area contributed by atoms with Gasteiger partial charge in [0.25, 0.3) is 5.91 Å². The first-order valence-corrected chi connectivity index (χ1v) is 10.3. The third-order valence-corrected chi connectivity index (χ3v) is 6.33. The number of hydrogen-bond acceptors (Lipinski definition) is 5. The molecule has 0 unspecified atom stereocenters. The number of likely N-dealkylation sites (tertiary alicyclic amines) is 2. The Balaban J connectivity index is 1.55. The second-order valence-corrected chi connectivity index (χ2v) is 8.14. The smallest absolute Gasteiger partial charge is 0.274 e. The van der Waals surface area contributed by atoms with Crippen LogP contribution >= 0.6 is 11.3 Å². The maximum Gasteiger partial charge on any atom is 0.274 e. The van der Waals surface area contributed by atoms with E-state index in [2.05, 4.69) is 9.88 Å². The zero-order valence-corrected chi connectivity index (χ0v) is 15.7. The van der Waals surface area contributed by atoms with E-state index in [-0.39, 0.29) is 17.7 Å². The lowest BCUT2D eigenvalue weighted by atomic mass is 9.96. The summed E-state index contributed by atoms with van der Waals surface area (Å²) in [5.41, 5.74) is 7.00. The van der Waals surface area contributed by atoms with E-state index in [1.165, 1.54) is 6.42 Å². The summed E-state index contributed by atoms with van der Waals surface area (Å²) >= 11 is 1.55. The zero-order chi connectivity index (χ0) is 18.1. The van der Waals surface area contributed by atoms with E-state index in [1.807, 2.05) is 20.9 Å². The fourth-order valence-electron chi connectivity index (χ4n) is 3.99. The van der Waals surface area contributed by atoms with Crippen molar-refractivity contribution in [1.82, 2.24) is 19.2 Å². The monoisotopic (exact) mass is 375 g/mol. The maximum absolute atomic E-state index is 13.0. The van der Waals surface area contributed by atoms with E-state index in [0.29, 0.717) is 12.2 Å². The molecule has 0 saturated carbocycles. The molecule has 0 bridgehead atoms. The van der Waals surface area contributed by atoms with Crippen LogP contribution < -0.4 is 5.73 Å². The Labute approximate surface area is 156 Å². The van der Waals surface area contributed by atoms with E-state index >= 15 is 0 Å². The van der Waals surface area contributed by atoms with Crippen LogP contribution in [0.1, 0.15) is 48.3 Å². The highest BCUT2D eigenvalue weighted by Crippen LogP contribution is 2.24. The molecule has 2 N–H and O–H groups in total. The lowest BCUT2D eigenvalue weighted by Gasteiger charge is -2.31. The first-order chi connectivity index (χ1) is 12.6. The van der Waals surface area contributed by atoms with Crippen molar-refractivity contribution in [2.45, 2.75) is 38.6 Å². The van der Waals surface area contributed by atoms with E-state index in [0.717, 1.165) is 62.5 Å². The number of aromatic nitrogens is 2. The van der Waals surface area contributed by atoms with Crippen molar-refractivity contribution in [2.75, 3.05) is 26.2 Å². The van der Waals surface area contributed by atoms with Crippen molar-refractivity contribution in [3.8, 4) is 0 Å². The van der Waals surface area contributed by atoms with Crippen LogP contribution in [-0.4, -0.2) is 57.2 Å². The molecule has 2 saturated heterocycles. The van der Waals surface area contributed by atoms with Crippen molar-refractivity contribution in [3.63, 3.8) is 0 Å². The number of imidazole rings is 1. The van der Waals surface area contributed by atoms with E-state index in [1.54, 1.807) is 11.3 Å². The summed E-state index contributed by atoms with van der Waals surface area (Å²) in [6, 6.07) is 0. The summed E-state index contributed by atoms with van der Waals surface area (Å²) in [5.74, 6) is -0.162. The number of fused-ring (bicyclic) bond motifs is 1. The molecule has 140 valence electrons. The fraction of sp³-hybridized carbons (Fsp3) is 0.611. The minimum Gasteiger partial charge on any atom is -0.369 e. The van der Waals surface area contributed by atoms with Crippen LogP contribution in [0.4, 0.5) is 0 Å². The minimum absolute atomic E-state index is 0.0210. The molecular formula is C18H25N5O2S. The highest BCUT2D eigenvalue weighted by Gasteiger charge is 2.28. The minimum atomic E-state index is -0.199. The quantitative estimate of drug-likeness (QED) is 0.882. The second-order valence-electron chi connectivity index (χ2n) is 7.27. The summed E-state index contributed by atoms with van der Waals surface area (Å²) < 4.78 is 2.04. The number of thiazole rings is 1. The molecule has 2 aromatic rings. The van der Waals surface area contributed by atoms with Gasteiger partial charge in [-0.2, -0.15) is 0 Å². The molecule has 0 spiro atoms. The van der Waals surface area contributed by atoms with Crippen molar-refractivity contribution in [3.05, 3.63) is 23.0 Å². The molecule has 2 amide bonds. The van der Waals surface area contributed by atoms with Gasteiger partial charge in [-0.15, -0.1) is 11.3 Å². The van der Waals surface area contributed by atoms with Crippen LogP contribution in [0.2, 0.25) is 0 Å². The molecule has 0 radical (unpaired) electrons. The Morgan fingerprint density at radius 1 is 1.15 bits per heavy atom. The third-order valence-electron chi connectivity index (χ3n) is 5.57. The topological polar surface area (TPSA) is 83.9 Å². The van der Waals surface area contributed by atoms with Crippen molar-refractivity contribution in [2.24, 2.45) is 11.7 Å². The number of primary amides is 1. The van der Waals surface area contributed by atoms with Crippen molar-refractivity contribution >= 4 is 28.1 Å². The second kappa shape index (κ2) is 7.36. The molecule has 4 heterocycles. The summed E-state index contributed by atoms with van der Waals surface area (Å²) in [5, 5.41) is 2.00. The number of nitrogens with two attached hydrogens (primary N) is 1. The van der Waals surface area contributed by atoms with Gasteiger partial charge in [0.2, 0.25) is 5.91 Å². The summed E-state index contributed by atoms with van der Waals surface area (Å²) in [6.07, 6.45) is 6.91. The van der Waals surface area contributed by atoms with Crippen LogP contribution in [0.15, 0.2) is 11.6 Å². The molecule has 2 aliphatic rings. The van der Waals surface area contributed by atoms with Gasteiger partial charge in [-0.3, -0.25) is 18.9 Å². The normalized spacial score (nSPS) is 19.9. The third kappa shape index (κ3) is 3.35. The molecule has 7 nitrogen and oxygen atoms in total. The largest absolute Gasteiger partial charge is 0.369 e. The van der Waals surface area contributed by atoms with Gasteiger partial charge in [-0.25, -0.2) is 4.98 Å². The van der Waals surface area contributed by atoms with E-state index < -0.39 is 0 Å². The van der Waals surface area contributed by atoms with Crippen LogP contribution in [0.5, 0.6) is 0 Å². The lowest BCUT2D eigenvalue weighted by Crippen LogP contribution is -2.39. The summed E-state index contributed by atoms with van der Waals surface area (Å²) in [7, 11) is 0. The van der Waals surface area contributed by atoms with Crippen LogP contribution in [0.25, 0.3) is 4.96 Å². The average Bonchev–Trinajstić information content (AvgIpc) is 3.25. The maximum atomic E-state index is 13.0. The van der Waals surface area contributed by atoms with Crippen molar-refractivity contribution in [1.29, 1.82) is 0 Å². The molecule has 2 fully saturated rings. The SMILES string of the molecule is NC(=O)C1CCN(Cc2c(C(=O)N3CCCCC3)nc3sccn23)CC1. The number of amides is 2. The number of hydrogen-bond donors (Lipinski definition) is 1. The first kappa shape index (κ1) is 17.5. The Kier molecular flexibility index (Phi) is 4.95. The zero-order valence-electron chi connectivity index (χ0n) is 14.9. The van der Waals surface area contributed by atoms with E-state index in [4.69, 9.17) is 5.73 Å². The van der Waals surface area contributed by atoms with Crippen LogP contribution in [0.3, 0.4) is 0 Å². The predicted octanol–water partition coefficient (Wildman–Crippen LogP) is 1.72. The number of carbonyl (C=O) groups is 2. The van der Waals surface area contributed by atoms with Gasteiger partial charge in [0.1, 0.15) is 0 Å². The number of piperidine rings is 2. The van der Waals surface area contributed by atoms with Gasteiger partial charge >= 0.3 is 0 Å². The molecule has 26 heavy (non-hydrogen) atoms. The average molecular weight is 375 g/mol. The Morgan fingerprint density at radius 2 is 1.88 bits per heavy atom. The molecule has 0 aromatic carbocycles. The first-order valence-electron chi connectivity index (χ1n) is 9.39. The number of nitrogens with zero attached hydrogens (tertiary/aromatic N) is 4. The van der Waals surface area contributed by atoms with Gasteiger partial charge in [0.05, 0.1) is 5.69 Å². The van der Waals surface area contributed by atoms with Crippen LogP contribution in [-0.2, 0) is 11.3 Å². The molecule has 8 heteroatoms. The number of rotatable bonds is 4. The Hall–Kier alpha value is -1.93. The summed E-state index contributed by atoms with van der Waals surface area (Å²) in [6.45, 7) is 3.98.